The Kier molecular flexibility index (Phi) is 6.20. The second-order valence-electron chi connectivity index (χ2n) is 10.4. The van der Waals surface area contributed by atoms with Crippen molar-refractivity contribution in [1.29, 1.82) is 0 Å². The number of carbonyl (C=O) groups is 2. The number of rotatable bonds is 4. The van der Waals surface area contributed by atoms with Gasteiger partial charge in [0.25, 0.3) is 0 Å². The number of halogens is 3. The van der Waals surface area contributed by atoms with Gasteiger partial charge in [0.2, 0.25) is 0 Å². The van der Waals surface area contributed by atoms with E-state index >= 15 is 0 Å². The highest BCUT2D eigenvalue weighted by molar-refractivity contribution is 5.99. The molecule has 1 aromatic heterocycles. The standard InChI is InChI=1S/C30H27F3N2O3/c31-30(32,33)28-25(13-6-14-34-28)27(36)18-15-19-7-5-8-20(16-18)35(19)29(37)38-17-26-23-11-3-1-9-21(23)22-10-2-4-12-24(22)26/h1-4,6,9-14,18-20,26H,5,7-8,15-17H2. The number of ether oxygens (including phenoxy) is 1. The Morgan fingerprint density at radius 2 is 1.50 bits per heavy atom. The molecular formula is C30H27F3N2O3. The third kappa shape index (κ3) is 4.25. The lowest BCUT2D eigenvalue weighted by Gasteiger charge is -2.47. The van der Waals surface area contributed by atoms with Crippen LogP contribution in [0, 0.1) is 5.92 Å². The number of ketones is 1. The van der Waals surface area contributed by atoms with Gasteiger partial charge < -0.3 is 9.64 Å². The van der Waals surface area contributed by atoms with Crippen LogP contribution in [0.25, 0.3) is 11.1 Å². The molecule has 38 heavy (non-hydrogen) atoms. The number of alkyl halides is 3. The number of carbonyl (C=O) groups excluding carboxylic acids is 2. The van der Waals surface area contributed by atoms with Gasteiger partial charge >= 0.3 is 12.3 Å². The monoisotopic (exact) mass is 520 g/mol. The van der Waals surface area contributed by atoms with Crippen molar-refractivity contribution in [3.05, 3.63) is 89.2 Å². The number of piperidine rings is 2. The van der Waals surface area contributed by atoms with Crippen molar-refractivity contribution >= 4 is 11.9 Å². The third-order valence-corrected chi connectivity index (χ3v) is 8.23. The molecule has 0 saturated carbocycles. The summed E-state index contributed by atoms with van der Waals surface area (Å²) in [5, 5.41) is 0. The summed E-state index contributed by atoms with van der Waals surface area (Å²) >= 11 is 0. The first-order valence-electron chi connectivity index (χ1n) is 13.0. The smallest absolute Gasteiger partial charge is 0.434 e. The van der Waals surface area contributed by atoms with Crippen LogP contribution in [0.1, 0.15) is 65.2 Å². The number of hydrogen-bond donors (Lipinski definition) is 0. The van der Waals surface area contributed by atoms with Gasteiger partial charge in [0.1, 0.15) is 6.61 Å². The minimum Gasteiger partial charge on any atom is -0.448 e. The normalized spacial score (nSPS) is 22.5. The van der Waals surface area contributed by atoms with Gasteiger partial charge in [0.05, 0.1) is 0 Å². The van der Waals surface area contributed by atoms with Gasteiger partial charge in [-0.1, -0.05) is 48.5 Å². The van der Waals surface area contributed by atoms with Crippen molar-refractivity contribution in [1.82, 2.24) is 9.88 Å². The highest BCUT2D eigenvalue weighted by atomic mass is 19.4. The number of benzene rings is 2. The molecule has 2 unspecified atom stereocenters. The number of hydrogen-bond acceptors (Lipinski definition) is 4. The van der Waals surface area contributed by atoms with Crippen LogP contribution < -0.4 is 0 Å². The summed E-state index contributed by atoms with van der Waals surface area (Å²) in [6.07, 6.45) is -1.11. The maximum Gasteiger partial charge on any atom is 0.434 e. The number of amides is 1. The number of fused-ring (bicyclic) bond motifs is 5. The number of nitrogens with zero attached hydrogens (tertiary/aromatic N) is 2. The van der Waals surface area contributed by atoms with Crippen molar-refractivity contribution < 1.29 is 27.5 Å². The van der Waals surface area contributed by atoms with Crippen molar-refractivity contribution in [2.45, 2.75) is 56.3 Å². The van der Waals surface area contributed by atoms with E-state index in [4.69, 9.17) is 4.74 Å². The van der Waals surface area contributed by atoms with Gasteiger partial charge in [-0.25, -0.2) is 4.79 Å². The van der Waals surface area contributed by atoms with Crippen LogP contribution in [0.4, 0.5) is 18.0 Å². The Labute approximate surface area is 218 Å². The zero-order valence-electron chi connectivity index (χ0n) is 20.7. The maximum atomic E-state index is 13.5. The predicted molar refractivity (Wildman–Crippen MR) is 135 cm³/mol. The van der Waals surface area contributed by atoms with Crippen molar-refractivity contribution in [3.8, 4) is 11.1 Å². The predicted octanol–water partition coefficient (Wildman–Crippen LogP) is 6.87. The molecule has 1 aliphatic carbocycles. The summed E-state index contributed by atoms with van der Waals surface area (Å²) in [4.78, 5) is 31.8. The Balaban J connectivity index is 1.18. The molecule has 1 amide bonds. The van der Waals surface area contributed by atoms with E-state index in [1.165, 1.54) is 12.1 Å². The lowest BCUT2D eigenvalue weighted by atomic mass is 9.75. The van der Waals surface area contributed by atoms with Gasteiger partial charge in [-0.15, -0.1) is 0 Å². The van der Waals surface area contributed by atoms with Crippen LogP contribution >= 0.6 is 0 Å². The lowest BCUT2D eigenvalue weighted by Crippen LogP contribution is -2.56. The van der Waals surface area contributed by atoms with Gasteiger partial charge in [-0.3, -0.25) is 9.78 Å². The first-order valence-corrected chi connectivity index (χ1v) is 13.0. The Hall–Kier alpha value is -3.68. The van der Waals surface area contributed by atoms with Crippen LogP contribution in [0.3, 0.4) is 0 Å². The molecule has 196 valence electrons. The zero-order valence-corrected chi connectivity index (χ0v) is 20.7. The molecule has 3 aliphatic rings. The van der Waals surface area contributed by atoms with E-state index in [-0.39, 0.29) is 24.6 Å². The van der Waals surface area contributed by atoms with E-state index < -0.39 is 35.2 Å². The van der Waals surface area contributed by atoms with Crippen molar-refractivity contribution in [2.24, 2.45) is 5.92 Å². The summed E-state index contributed by atoms with van der Waals surface area (Å²) in [6, 6.07) is 18.3. The van der Waals surface area contributed by atoms with Crippen LogP contribution in [-0.4, -0.2) is 40.5 Å². The van der Waals surface area contributed by atoms with Crippen LogP contribution in [0.2, 0.25) is 0 Å². The molecule has 2 fully saturated rings. The Bertz CT molecular complexity index is 1330. The molecular weight excluding hydrogens is 493 g/mol. The summed E-state index contributed by atoms with van der Waals surface area (Å²) in [5.74, 6) is -1.19. The van der Waals surface area contributed by atoms with Crippen LogP contribution in [-0.2, 0) is 10.9 Å². The third-order valence-electron chi connectivity index (χ3n) is 8.23. The van der Waals surface area contributed by atoms with E-state index in [0.717, 1.165) is 34.9 Å². The zero-order chi connectivity index (χ0) is 26.4. The molecule has 2 aliphatic heterocycles. The Morgan fingerprint density at radius 3 is 2.11 bits per heavy atom. The topological polar surface area (TPSA) is 59.5 Å². The largest absolute Gasteiger partial charge is 0.448 e. The van der Waals surface area contributed by atoms with E-state index in [0.29, 0.717) is 25.7 Å². The average Bonchev–Trinajstić information content (AvgIpc) is 3.23. The molecule has 3 aromatic rings. The van der Waals surface area contributed by atoms with Crippen molar-refractivity contribution in [3.63, 3.8) is 0 Å². The quantitative estimate of drug-likeness (QED) is 0.353. The van der Waals surface area contributed by atoms with Crippen LogP contribution in [0.15, 0.2) is 66.9 Å². The molecule has 0 N–H and O–H groups in total. The maximum absolute atomic E-state index is 13.5. The fourth-order valence-electron chi connectivity index (χ4n) is 6.61. The van der Waals surface area contributed by atoms with E-state index in [9.17, 15) is 22.8 Å². The average molecular weight is 521 g/mol. The number of Topliss-reactive ketones (excluding diaryl/α,β-unsaturated/α-hetero) is 1. The minimum absolute atomic E-state index is 0.0586. The molecule has 2 aromatic carbocycles. The van der Waals surface area contributed by atoms with Crippen molar-refractivity contribution in [2.75, 3.05) is 6.61 Å². The second-order valence-corrected chi connectivity index (χ2v) is 10.4. The summed E-state index contributed by atoms with van der Waals surface area (Å²) < 4.78 is 46.4. The Morgan fingerprint density at radius 1 is 0.895 bits per heavy atom. The molecule has 6 rings (SSSR count). The summed E-state index contributed by atoms with van der Waals surface area (Å²) in [6.45, 7) is 0.204. The fraction of sp³-hybridized carbons (Fsp3) is 0.367. The molecule has 3 heterocycles. The highest BCUT2D eigenvalue weighted by Gasteiger charge is 2.46. The van der Waals surface area contributed by atoms with Gasteiger partial charge in [0, 0.05) is 35.7 Å². The highest BCUT2D eigenvalue weighted by Crippen LogP contribution is 2.45. The lowest BCUT2D eigenvalue weighted by molar-refractivity contribution is -0.141. The van der Waals surface area contributed by atoms with E-state index in [2.05, 4.69) is 29.2 Å². The molecule has 2 saturated heterocycles. The number of pyridine rings is 1. The molecule has 2 bridgehead atoms. The second kappa shape index (κ2) is 9.57. The summed E-state index contributed by atoms with van der Waals surface area (Å²) in [7, 11) is 0. The first kappa shape index (κ1) is 24.6. The van der Waals surface area contributed by atoms with Gasteiger partial charge in [0.15, 0.2) is 11.5 Å². The molecule has 0 spiro atoms. The first-order chi connectivity index (χ1) is 18.3. The van der Waals surface area contributed by atoms with Crippen LogP contribution in [0.5, 0.6) is 0 Å². The van der Waals surface area contributed by atoms with Gasteiger partial charge in [-0.05, 0) is 66.5 Å². The molecule has 0 radical (unpaired) electrons. The van der Waals surface area contributed by atoms with Gasteiger partial charge in [-0.2, -0.15) is 13.2 Å². The fourth-order valence-corrected chi connectivity index (χ4v) is 6.61. The molecule has 8 heteroatoms. The molecule has 5 nitrogen and oxygen atoms in total. The van der Waals surface area contributed by atoms with E-state index in [1.54, 1.807) is 4.90 Å². The number of aromatic nitrogens is 1. The molecule has 2 atom stereocenters. The SMILES string of the molecule is O=C(c1cccnc1C(F)(F)F)C1CC2CCCC(C1)N2C(=O)OCC1c2ccccc2-c2ccccc21. The van der Waals surface area contributed by atoms with E-state index in [1.807, 2.05) is 24.3 Å². The summed E-state index contributed by atoms with van der Waals surface area (Å²) in [5.41, 5.74) is 3.01. The minimum atomic E-state index is -4.70.